The summed E-state index contributed by atoms with van der Waals surface area (Å²) in [7, 11) is 0. The van der Waals surface area contributed by atoms with Gasteiger partial charge in [0.2, 0.25) is 5.91 Å². The largest absolute Gasteiger partial charge is 0.480 e. The molecule has 0 saturated carbocycles. The number of carbonyl (C=O) groups is 4. The molecule has 0 saturated heterocycles. The molecule has 27 heavy (non-hydrogen) atoms. The van der Waals surface area contributed by atoms with Crippen molar-refractivity contribution in [3.8, 4) is 0 Å². The molecule has 140 valence electrons. The van der Waals surface area contributed by atoms with E-state index in [9.17, 15) is 24.3 Å². The van der Waals surface area contributed by atoms with Crippen LogP contribution in [0.5, 0.6) is 0 Å². The van der Waals surface area contributed by atoms with Gasteiger partial charge in [0.25, 0.3) is 5.91 Å². The van der Waals surface area contributed by atoms with Crippen molar-refractivity contribution in [1.29, 1.82) is 0 Å². The highest BCUT2D eigenvalue weighted by Gasteiger charge is 2.21. The average Bonchev–Trinajstić information content (AvgIpc) is 2.66. The Morgan fingerprint density at radius 3 is 2.04 bits per heavy atom. The lowest BCUT2D eigenvalue weighted by molar-refractivity contribution is -0.141. The lowest BCUT2D eigenvalue weighted by atomic mass is 10.1. The molecule has 0 aliphatic heterocycles. The molecule has 0 fully saturated rings. The molecule has 2 amide bonds. The summed E-state index contributed by atoms with van der Waals surface area (Å²) >= 11 is 0. The van der Waals surface area contributed by atoms with Crippen molar-refractivity contribution in [2.75, 3.05) is 6.54 Å². The molecule has 0 heterocycles. The average molecular weight is 370 g/mol. The van der Waals surface area contributed by atoms with Crippen molar-refractivity contribution < 1.29 is 29.4 Å². The Morgan fingerprint density at radius 1 is 0.852 bits per heavy atom. The Balaban J connectivity index is 1.95. The van der Waals surface area contributed by atoms with Gasteiger partial charge in [-0.1, -0.05) is 42.5 Å². The van der Waals surface area contributed by atoms with Crippen LogP contribution in [0.1, 0.15) is 26.3 Å². The predicted molar refractivity (Wildman–Crippen MR) is 95.4 cm³/mol. The van der Waals surface area contributed by atoms with Gasteiger partial charge in [0.1, 0.15) is 6.04 Å². The monoisotopic (exact) mass is 370 g/mol. The summed E-state index contributed by atoms with van der Waals surface area (Å²) in [5.74, 6) is -3.90. The molecule has 8 nitrogen and oxygen atoms in total. The number of hydrogen-bond donors (Lipinski definition) is 4. The van der Waals surface area contributed by atoms with Crippen molar-refractivity contribution in [3.05, 3.63) is 71.3 Å². The van der Waals surface area contributed by atoms with Gasteiger partial charge >= 0.3 is 11.9 Å². The molecule has 4 N–H and O–H groups in total. The van der Waals surface area contributed by atoms with Crippen LogP contribution in [0.15, 0.2) is 54.6 Å². The number of aliphatic carboxylic acids is 1. The van der Waals surface area contributed by atoms with E-state index in [1.54, 1.807) is 30.3 Å². The number of nitrogens with one attached hydrogen (secondary N) is 2. The minimum atomic E-state index is -1.26. The summed E-state index contributed by atoms with van der Waals surface area (Å²) in [4.78, 5) is 46.6. The summed E-state index contributed by atoms with van der Waals surface area (Å²) in [6, 6.07) is 13.2. The fourth-order valence-corrected chi connectivity index (χ4v) is 2.42. The van der Waals surface area contributed by atoms with Crippen LogP contribution in [0.2, 0.25) is 0 Å². The van der Waals surface area contributed by atoms with Crippen LogP contribution >= 0.6 is 0 Å². The van der Waals surface area contributed by atoms with Crippen LogP contribution in [-0.4, -0.2) is 46.6 Å². The van der Waals surface area contributed by atoms with Gasteiger partial charge in [-0.05, 0) is 17.7 Å². The molecule has 0 aliphatic carbocycles. The molecule has 0 spiro atoms. The second-order valence-electron chi connectivity index (χ2n) is 5.68. The zero-order valence-electron chi connectivity index (χ0n) is 14.2. The van der Waals surface area contributed by atoms with Crippen LogP contribution in [0.25, 0.3) is 0 Å². The zero-order chi connectivity index (χ0) is 19.8. The Morgan fingerprint density at radius 2 is 1.44 bits per heavy atom. The molecule has 8 heteroatoms. The van der Waals surface area contributed by atoms with E-state index < -0.39 is 36.3 Å². The van der Waals surface area contributed by atoms with Crippen molar-refractivity contribution in [3.63, 3.8) is 0 Å². The van der Waals surface area contributed by atoms with Crippen LogP contribution in [0.3, 0.4) is 0 Å². The Bertz CT molecular complexity index is 850. The molecular formula is C19H18N2O6. The van der Waals surface area contributed by atoms with Gasteiger partial charge in [-0.2, -0.15) is 0 Å². The standard InChI is InChI=1S/C19H18N2O6/c22-16(21-15(19(26)27)10-12-6-2-1-3-7-12)11-20-17(23)13-8-4-5-9-14(13)18(24)25/h1-9,15H,10-11H2,(H,20,23)(H,21,22)(H,24,25)(H,26,27). The van der Waals surface area contributed by atoms with Gasteiger partial charge in [0.05, 0.1) is 17.7 Å². The predicted octanol–water partition coefficient (Wildman–Crippen LogP) is 0.927. The number of carboxylic acid groups (broad SMARTS) is 2. The molecule has 0 aliphatic rings. The molecule has 1 atom stereocenters. The molecule has 1 unspecified atom stereocenters. The van der Waals surface area contributed by atoms with Gasteiger partial charge < -0.3 is 20.8 Å². The van der Waals surface area contributed by atoms with E-state index in [0.29, 0.717) is 0 Å². The molecule has 0 radical (unpaired) electrons. The minimum Gasteiger partial charge on any atom is -0.480 e. The van der Waals surface area contributed by atoms with Crippen molar-refractivity contribution in [2.45, 2.75) is 12.5 Å². The SMILES string of the molecule is O=C(CNC(=O)c1ccccc1C(=O)O)NC(Cc1ccccc1)C(=O)O. The maximum Gasteiger partial charge on any atom is 0.336 e. The third-order valence-corrected chi connectivity index (χ3v) is 3.73. The molecule has 0 bridgehead atoms. The smallest absolute Gasteiger partial charge is 0.336 e. The summed E-state index contributed by atoms with van der Waals surface area (Å²) in [6.45, 7) is -0.481. The number of rotatable bonds is 8. The zero-order valence-corrected chi connectivity index (χ0v) is 14.2. The highest BCUT2D eigenvalue weighted by molar-refractivity contribution is 6.05. The van der Waals surface area contributed by atoms with Gasteiger partial charge in [0.15, 0.2) is 0 Å². The van der Waals surface area contributed by atoms with E-state index in [1.807, 2.05) is 0 Å². The second-order valence-corrected chi connectivity index (χ2v) is 5.68. The summed E-state index contributed by atoms with van der Waals surface area (Å²) in [5, 5.41) is 23.0. The minimum absolute atomic E-state index is 0.0862. The summed E-state index contributed by atoms with van der Waals surface area (Å²) in [6.07, 6.45) is 0.0949. The number of carbonyl (C=O) groups excluding carboxylic acids is 2. The van der Waals surface area contributed by atoms with Gasteiger partial charge in [-0.15, -0.1) is 0 Å². The van der Waals surface area contributed by atoms with E-state index in [1.165, 1.54) is 24.3 Å². The van der Waals surface area contributed by atoms with Crippen LogP contribution in [0, 0.1) is 0 Å². The summed E-state index contributed by atoms with van der Waals surface area (Å²) < 4.78 is 0. The fraction of sp³-hybridized carbons (Fsp3) is 0.158. The van der Waals surface area contributed by atoms with Crippen LogP contribution < -0.4 is 10.6 Å². The molecule has 0 aromatic heterocycles. The van der Waals surface area contributed by atoms with Crippen molar-refractivity contribution >= 4 is 23.8 Å². The molecular weight excluding hydrogens is 352 g/mol. The van der Waals surface area contributed by atoms with Gasteiger partial charge in [-0.25, -0.2) is 9.59 Å². The second kappa shape index (κ2) is 9.14. The van der Waals surface area contributed by atoms with E-state index in [0.717, 1.165) is 5.56 Å². The van der Waals surface area contributed by atoms with E-state index in [-0.39, 0.29) is 17.5 Å². The lowest BCUT2D eigenvalue weighted by Crippen LogP contribution is -2.46. The highest BCUT2D eigenvalue weighted by atomic mass is 16.4. The van der Waals surface area contributed by atoms with Crippen molar-refractivity contribution in [2.24, 2.45) is 0 Å². The van der Waals surface area contributed by atoms with Gasteiger partial charge in [-0.3, -0.25) is 9.59 Å². The number of amides is 2. The third-order valence-electron chi connectivity index (χ3n) is 3.73. The van der Waals surface area contributed by atoms with Crippen LogP contribution in [-0.2, 0) is 16.0 Å². The quantitative estimate of drug-likeness (QED) is 0.546. The lowest BCUT2D eigenvalue weighted by Gasteiger charge is -2.15. The van der Waals surface area contributed by atoms with Crippen molar-refractivity contribution in [1.82, 2.24) is 10.6 Å². The van der Waals surface area contributed by atoms with Gasteiger partial charge in [0, 0.05) is 6.42 Å². The summed E-state index contributed by atoms with van der Waals surface area (Å²) in [5.41, 5.74) is 0.462. The van der Waals surface area contributed by atoms with E-state index in [2.05, 4.69) is 10.6 Å². The fourth-order valence-electron chi connectivity index (χ4n) is 2.42. The van der Waals surface area contributed by atoms with E-state index in [4.69, 9.17) is 5.11 Å². The first-order valence-corrected chi connectivity index (χ1v) is 8.05. The topological polar surface area (TPSA) is 133 Å². The first kappa shape index (κ1) is 19.6. The molecule has 2 aromatic rings. The normalized spacial score (nSPS) is 11.3. The van der Waals surface area contributed by atoms with E-state index >= 15 is 0 Å². The first-order chi connectivity index (χ1) is 12.9. The Hall–Kier alpha value is -3.68. The van der Waals surface area contributed by atoms with Crippen LogP contribution in [0.4, 0.5) is 0 Å². The molecule has 2 rings (SSSR count). The Labute approximate surface area is 154 Å². The molecule has 2 aromatic carbocycles. The number of aromatic carboxylic acids is 1. The first-order valence-electron chi connectivity index (χ1n) is 8.05. The maximum absolute atomic E-state index is 12.1. The number of benzene rings is 2. The Kier molecular flexibility index (Phi) is 6.65. The number of carboxylic acids is 2. The maximum atomic E-state index is 12.1. The third kappa shape index (κ3) is 5.67. The number of hydrogen-bond acceptors (Lipinski definition) is 4. The highest BCUT2D eigenvalue weighted by Crippen LogP contribution is 2.08.